The molecule has 7 heteroatoms. The summed E-state index contributed by atoms with van der Waals surface area (Å²) < 4.78 is 5.71. The van der Waals surface area contributed by atoms with Gasteiger partial charge in [-0.15, -0.1) is 0 Å². The molecule has 5 rings (SSSR count). The molecule has 4 heterocycles. The Labute approximate surface area is 187 Å². The smallest absolute Gasteiger partial charge is 0.226 e. The van der Waals surface area contributed by atoms with Crippen molar-refractivity contribution in [1.82, 2.24) is 20.3 Å². The van der Waals surface area contributed by atoms with Gasteiger partial charge in [0.2, 0.25) is 11.9 Å². The molecule has 0 saturated carbocycles. The van der Waals surface area contributed by atoms with Crippen LogP contribution in [0.1, 0.15) is 12.0 Å². The van der Waals surface area contributed by atoms with Gasteiger partial charge in [0.25, 0.3) is 0 Å². The first-order valence-electron chi connectivity index (χ1n) is 10.7. The lowest BCUT2D eigenvalue weighted by molar-refractivity contribution is -0.126. The highest BCUT2D eigenvalue weighted by Gasteiger charge is 2.40. The molecule has 0 radical (unpaired) electrons. The number of rotatable bonds is 6. The van der Waals surface area contributed by atoms with Crippen LogP contribution in [0.3, 0.4) is 0 Å². The van der Waals surface area contributed by atoms with Gasteiger partial charge < -0.3 is 15.0 Å². The summed E-state index contributed by atoms with van der Waals surface area (Å²) in [5.41, 5.74) is 4.84. The van der Waals surface area contributed by atoms with E-state index in [4.69, 9.17) is 9.72 Å². The number of hydrogen-bond acceptors (Lipinski definition) is 6. The summed E-state index contributed by atoms with van der Waals surface area (Å²) in [5, 5.41) is 3.05. The second-order valence-corrected chi connectivity index (χ2v) is 8.34. The van der Waals surface area contributed by atoms with Crippen molar-refractivity contribution in [3.8, 4) is 22.4 Å². The van der Waals surface area contributed by atoms with E-state index in [1.165, 1.54) is 0 Å². The van der Waals surface area contributed by atoms with Gasteiger partial charge in [-0.25, -0.2) is 9.97 Å². The van der Waals surface area contributed by atoms with Crippen LogP contribution in [0.15, 0.2) is 67.1 Å². The second kappa shape index (κ2) is 8.51. The van der Waals surface area contributed by atoms with Crippen molar-refractivity contribution in [1.29, 1.82) is 0 Å². The van der Waals surface area contributed by atoms with Gasteiger partial charge in [0, 0.05) is 50.4 Å². The van der Waals surface area contributed by atoms with Crippen LogP contribution in [0.5, 0.6) is 0 Å². The molecule has 162 valence electrons. The normalized spacial score (nSPS) is 21.0. The summed E-state index contributed by atoms with van der Waals surface area (Å²) in [5.74, 6) is 0.617. The fourth-order valence-corrected chi connectivity index (χ4v) is 4.18. The minimum absolute atomic E-state index is 0.0531. The van der Waals surface area contributed by atoms with Crippen LogP contribution in [-0.4, -0.2) is 47.2 Å². The van der Waals surface area contributed by atoms with Crippen LogP contribution in [0, 0.1) is 5.92 Å². The predicted molar refractivity (Wildman–Crippen MR) is 123 cm³/mol. The number of aromatic nitrogens is 3. The third-order valence-electron chi connectivity index (χ3n) is 5.93. The standard InChI is InChI=1S/C25H25N5O2/c1-30(2)25-28-15-21(17-9-11-26-12-10-17)23(29-25)18-5-3-16(4-6-18)14-27-24(31)20-13-19-7-8-22(20)32-19/h3-12,15,19-20,22H,13-14H2,1-2H3,(H,27,31). The minimum Gasteiger partial charge on any atom is -0.366 e. The molecular formula is C25H25N5O2. The number of carbonyl (C=O) groups excluding carboxylic acids is 1. The first kappa shape index (κ1) is 20.3. The van der Waals surface area contributed by atoms with E-state index in [-0.39, 0.29) is 24.0 Å². The summed E-state index contributed by atoms with van der Waals surface area (Å²) in [6.07, 6.45) is 10.2. The van der Waals surface area contributed by atoms with Gasteiger partial charge >= 0.3 is 0 Å². The summed E-state index contributed by atoms with van der Waals surface area (Å²) in [6, 6.07) is 12.0. The fourth-order valence-electron chi connectivity index (χ4n) is 4.18. The average Bonchev–Trinajstić information content (AvgIpc) is 3.47. The zero-order valence-corrected chi connectivity index (χ0v) is 18.1. The SMILES string of the molecule is CN(C)c1ncc(-c2ccncc2)c(-c2ccc(CNC(=O)C3CC4C=CC3O4)cc2)n1. The van der Waals surface area contributed by atoms with E-state index in [2.05, 4.69) is 15.3 Å². The molecule has 3 atom stereocenters. The molecule has 0 aliphatic carbocycles. The van der Waals surface area contributed by atoms with Gasteiger partial charge in [-0.2, -0.15) is 0 Å². The number of benzene rings is 1. The Morgan fingerprint density at radius 1 is 1.09 bits per heavy atom. The number of hydrogen-bond donors (Lipinski definition) is 1. The number of carbonyl (C=O) groups is 1. The molecule has 2 aliphatic heterocycles. The van der Waals surface area contributed by atoms with Crippen LogP contribution in [0.4, 0.5) is 5.95 Å². The Morgan fingerprint density at radius 3 is 2.53 bits per heavy atom. The monoisotopic (exact) mass is 427 g/mol. The molecule has 1 N–H and O–H groups in total. The number of pyridine rings is 1. The molecule has 1 aromatic carbocycles. The predicted octanol–water partition coefficient (Wildman–Crippen LogP) is 3.23. The number of nitrogens with zero attached hydrogens (tertiary/aromatic N) is 4. The van der Waals surface area contributed by atoms with Gasteiger partial charge in [0.05, 0.1) is 23.8 Å². The largest absolute Gasteiger partial charge is 0.366 e. The minimum atomic E-state index is -0.0855. The van der Waals surface area contributed by atoms with Crippen LogP contribution in [0.25, 0.3) is 22.4 Å². The molecule has 1 saturated heterocycles. The van der Waals surface area contributed by atoms with Crippen LogP contribution < -0.4 is 10.2 Å². The van der Waals surface area contributed by atoms with Crippen molar-refractivity contribution < 1.29 is 9.53 Å². The van der Waals surface area contributed by atoms with E-state index in [0.717, 1.165) is 34.4 Å². The van der Waals surface area contributed by atoms with Gasteiger partial charge in [-0.3, -0.25) is 9.78 Å². The number of ether oxygens (including phenoxy) is 1. The molecule has 7 nitrogen and oxygen atoms in total. The maximum atomic E-state index is 12.5. The highest BCUT2D eigenvalue weighted by atomic mass is 16.5. The Morgan fingerprint density at radius 2 is 1.88 bits per heavy atom. The number of amides is 1. The van der Waals surface area contributed by atoms with Gasteiger partial charge in [-0.05, 0) is 29.7 Å². The first-order valence-corrected chi connectivity index (χ1v) is 10.7. The topological polar surface area (TPSA) is 80.2 Å². The Bertz CT molecular complexity index is 1140. The number of anilines is 1. The van der Waals surface area contributed by atoms with E-state index in [9.17, 15) is 4.79 Å². The van der Waals surface area contributed by atoms with Crippen molar-refractivity contribution in [2.45, 2.75) is 25.2 Å². The van der Waals surface area contributed by atoms with Crippen LogP contribution in [-0.2, 0) is 16.1 Å². The lowest BCUT2D eigenvalue weighted by atomic mass is 9.93. The highest BCUT2D eigenvalue weighted by molar-refractivity contribution is 5.81. The first-order chi connectivity index (χ1) is 15.6. The third kappa shape index (κ3) is 3.99. The van der Waals surface area contributed by atoms with Crippen molar-refractivity contribution in [2.24, 2.45) is 5.92 Å². The van der Waals surface area contributed by atoms with E-state index in [1.807, 2.05) is 73.7 Å². The third-order valence-corrected chi connectivity index (χ3v) is 5.93. The Kier molecular flexibility index (Phi) is 5.41. The Hall–Kier alpha value is -3.58. The molecule has 2 aliphatic rings. The van der Waals surface area contributed by atoms with Crippen molar-refractivity contribution in [3.63, 3.8) is 0 Å². The van der Waals surface area contributed by atoms with Crippen molar-refractivity contribution in [3.05, 3.63) is 72.7 Å². The molecule has 2 bridgehead atoms. The van der Waals surface area contributed by atoms with Gasteiger partial charge in [0.15, 0.2) is 0 Å². The molecular weight excluding hydrogens is 402 g/mol. The van der Waals surface area contributed by atoms with E-state index < -0.39 is 0 Å². The lowest BCUT2D eigenvalue weighted by Crippen LogP contribution is -2.34. The van der Waals surface area contributed by atoms with E-state index in [0.29, 0.717) is 12.5 Å². The maximum absolute atomic E-state index is 12.5. The summed E-state index contributed by atoms with van der Waals surface area (Å²) in [7, 11) is 3.85. The quantitative estimate of drug-likeness (QED) is 0.609. The maximum Gasteiger partial charge on any atom is 0.226 e. The zero-order chi connectivity index (χ0) is 22.1. The van der Waals surface area contributed by atoms with E-state index >= 15 is 0 Å². The second-order valence-electron chi connectivity index (χ2n) is 8.34. The fraction of sp³-hybridized carbons (Fsp3) is 0.280. The van der Waals surface area contributed by atoms with Gasteiger partial charge in [-0.1, -0.05) is 36.4 Å². The highest BCUT2D eigenvalue weighted by Crippen LogP contribution is 2.34. The Balaban J connectivity index is 1.34. The molecule has 0 spiro atoms. The molecule has 3 aromatic rings. The molecule has 1 amide bonds. The summed E-state index contributed by atoms with van der Waals surface area (Å²) in [6.45, 7) is 0.487. The number of fused-ring (bicyclic) bond motifs is 2. The van der Waals surface area contributed by atoms with Crippen LogP contribution in [0.2, 0.25) is 0 Å². The zero-order valence-electron chi connectivity index (χ0n) is 18.1. The van der Waals surface area contributed by atoms with Gasteiger partial charge in [0.1, 0.15) is 0 Å². The van der Waals surface area contributed by atoms with Crippen molar-refractivity contribution >= 4 is 11.9 Å². The molecule has 32 heavy (non-hydrogen) atoms. The molecule has 2 aromatic heterocycles. The summed E-state index contributed by atoms with van der Waals surface area (Å²) in [4.78, 5) is 27.8. The summed E-state index contributed by atoms with van der Waals surface area (Å²) >= 11 is 0. The van der Waals surface area contributed by atoms with Crippen molar-refractivity contribution in [2.75, 3.05) is 19.0 Å². The van der Waals surface area contributed by atoms with E-state index in [1.54, 1.807) is 12.4 Å². The lowest BCUT2D eigenvalue weighted by Gasteiger charge is -2.16. The van der Waals surface area contributed by atoms with Crippen LogP contribution >= 0.6 is 0 Å². The molecule has 1 fully saturated rings. The molecule has 3 unspecified atom stereocenters. The average molecular weight is 428 g/mol. The number of nitrogens with one attached hydrogen (secondary N) is 1.